The summed E-state index contributed by atoms with van der Waals surface area (Å²) < 4.78 is 33.1. The maximum absolute atomic E-state index is 13.8. The summed E-state index contributed by atoms with van der Waals surface area (Å²) in [7, 11) is -3.73. The third-order valence-electron chi connectivity index (χ3n) is 6.10. The van der Waals surface area contributed by atoms with Crippen LogP contribution >= 0.6 is 0 Å². The van der Waals surface area contributed by atoms with Crippen LogP contribution in [-0.4, -0.2) is 67.4 Å². The van der Waals surface area contributed by atoms with Crippen LogP contribution in [0.3, 0.4) is 0 Å². The van der Waals surface area contributed by atoms with Gasteiger partial charge in [0.05, 0.1) is 0 Å². The number of ether oxygens (including phenoxy) is 1. The Morgan fingerprint density at radius 1 is 1.06 bits per heavy atom. The first-order valence-electron chi connectivity index (χ1n) is 12.1. The Balaban J connectivity index is 1.83. The fourth-order valence-electron chi connectivity index (χ4n) is 4.42. The van der Waals surface area contributed by atoms with E-state index in [4.69, 9.17) is 4.74 Å². The molecule has 3 atom stereocenters. The van der Waals surface area contributed by atoms with E-state index in [0.29, 0.717) is 13.0 Å². The number of nitrogens with zero attached hydrogens (tertiary/aromatic N) is 1. The molecule has 2 aromatic carbocycles. The molecule has 0 bridgehead atoms. The van der Waals surface area contributed by atoms with E-state index >= 15 is 0 Å². The molecule has 1 N–H and O–H groups in total. The number of aliphatic hydroxyl groups excluding tert-OH is 1. The standard InChI is InChI=1S/C27H37NO5SSe/c1-26(2,3)33-25(30)28-18-12-11-13-21(28)19-22(29)20-27(4,35-24-16-9-6-10-17-24)34(31,32)23-14-7-5-8-15-23/h5-10,14-17,21-22,29H,11-13,18-20H2,1-4H3. The predicted octanol–water partition coefficient (Wildman–Crippen LogP) is 4.14. The first-order chi connectivity index (χ1) is 16.4. The summed E-state index contributed by atoms with van der Waals surface area (Å²) in [6, 6.07) is 17.9. The SMILES string of the molecule is CC(C)(C)OC(=O)N1CCCCC1CC(O)CC(C)([Se]c1ccccc1)S(=O)(=O)c1ccccc1. The van der Waals surface area contributed by atoms with Gasteiger partial charge in [0, 0.05) is 0 Å². The van der Waals surface area contributed by atoms with Crippen molar-refractivity contribution in [2.45, 2.75) is 86.1 Å². The molecule has 0 radical (unpaired) electrons. The molecule has 6 nitrogen and oxygen atoms in total. The van der Waals surface area contributed by atoms with Gasteiger partial charge >= 0.3 is 217 Å². The number of carbonyl (C=O) groups excluding carboxylic acids is 1. The normalized spacial score (nSPS) is 19.6. The summed E-state index contributed by atoms with van der Waals surface area (Å²) >= 11 is -0.443. The van der Waals surface area contributed by atoms with Crippen molar-refractivity contribution in [2.75, 3.05) is 6.54 Å². The zero-order valence-electron chi connectivity index (χ0n) is 21.0. The number of piperidine rings is 1. The molecular formula is C27H37NO5SSe. The molecule has 1 heterocycles. The number of amides is 1. The number of hydrogen-bond acceptors (Lipinski definition) is 5. The summed E-state index contributed by atoms with van der Waals surface area (Å²) in [4.78, 5) is 14.8. The summed E-state index contributed by atoms with van der Waals surface area (Å²) in [5.74, 6) is 0. The average molecular weight is 567 g/mol. The van der Waals surface area contributed by atoms with Gasteiger partial charge in [0.1, 0.15) is 0 Å². The molecule has 3 unspecified atom stereocenters. The summed E-state index contributed by atoms with van der Waals surface area (Å²) in [6.07, 6.45) is 1.79. The number of hydrogen-bond donors (Lipinski definition) is 1. The van der Waals surface area contributed by atoms with Crippen molar-refractivity contribution < 1.29 is 23.1 Å². The van der Waals surface area contributed by atoms with Gasteiger partial charge in [0.2, 0.25) is 0 Å². The van der Waals surface area contributed by atoms with Gasteiger partial charge in [-0.15, -0.1) is 0 Å². The molecule has 8 heteroatoms. The first-order valence-corrected chi connectivity index (χ1v) is 15.3. The molecule has 0 spiro atoms. The molecule has 0 aliphatic carbocycles. The Bertz CT molecular complexity index is 1070. The van der Waals surface area contributed by atoms with Gasteiger partial charge in [-0.25, -0.2) is 0 Å². The van der Waals surface area contributed by atoms with Crippen molar-refractivity contribution in [1.29, 1.82) is 0 Å². The number of likely N-dealkylation sites (tertiary alicyclic amines) is 1. The number of aliphatic hydroxyl groups is 1. The van der Waals surface area contributed by atoms with E-state index in [1.165, 1.54) is 0 Å². The van der Waals surface area contributed by atoms with Crippen LogP contribution in [0.15, 0.2) is 65.6 Å². The van der Waals surface area contributed by atoms with E-state index in [0.717, 1.165) is 23.7 Å². The molecule has 3 rings (SSSR count). The number of sulfone groups is 1. The van der Waals surface area contributed by atoms with E-state index in [-0.39, 0.29) is 23.5 Å². The van der Waals surface area contributed by atoms with Crippen LogP contribution < -0.4 is 4.46 Å². The van der Waals surface area contributed by atoms with E-state index in [1.54, 1.807) is 42.2 Å². The van der Waals surface area contributed by atoms with Crippen molar-refractivity contribution >= 4 is 35.3 Å². The third kappa shape index (κ3) is 7.32. The van der Waals surface area contributed by atoms with Gasteiger partial charge in [0.15, 0.2) is 0 Å². The Morgan fingerprint density at radius 2 is 1.66 bits per heavy atom. The van der Waals surface area contributed by atoms with E-state index in [2.05, 4.69) is 0 Å². The fourth-order valence-corrected chi connectivity index (χ4v) is 10.00. The van der Waals surface area contributed by atoms with Gasteiger partial charge in [-0.1, -0.05) is 0 Å². The fraction of sp³-hybridized carbons (Fsp3) is 0.519. The van der Waals surface area contributed by atoms with E-state index < -0.39 is 40.1 Å². The second kappa shape index (κ2) is 11.5. The van der Waals surface area contributed by atoms with Crippen molar-refractivity contribution in [3.05, 3.63) is 60.7 Å². The van der Waals surface area contributed by atoms with Crippen LogP contribution in [0, 0.1) is 0 Å². The van der Waals surface area contributed by atoms with Crippen LogP contribution in [0.2, 0.25) is 0 Å². The number of rotatable bonds is 8. The first kappa shape index (κ1) is 27.7. The third-order valence-corrected chi connectivity index (χ3v) is 12.4. The summed E-state index contributed by atoms with van der Waals surface area (Å²) in [5.41, 5.74) is -0.599. The van der Waals surface area contributed by atoms with Crippen LogP contribution in [0.5, 0.6) is 0 Å². The number of benzene rings is 2. The van der Waals surface area contributed by atoms with Crippen molar-refractivity contribution in [3.8, 4) is 0 Å². The molecule has 35 heavy (non-hydrogen) atoms. The Morgan fingerprint density at radius 3 is 2.26 bits per heavy atom. The maximum atomic E-state index is 13.8. The van der Waals surface area contributed by atoms with E-state index in [1.807, 2.05) is 51.1 Å². The molecule has 1 saturated heterocycles. The zero-order chi connectivity index (χ0) is 25.7. The van der Waals surface area contributed by atoms with Crippen molar-refractivity contribution in [2.24, 2.45) is 0 Å². The van der Waals surface area contributed by atoms with Gasteiger partial charge in [-0.3, -0.25) is 0 Å². The minimum absolute atomic E-state index is 0.0950. The van der Waals surface area contributed by atoms with E-state index in [9.17, 15) is 18.3 Å². The van der Waals surface area contributed by atoms with Gasteiger partial charge in [0.25, 0.3) is 0 Å². The molecular weight excluding hydrogens is 529 g/mol. The second-order valence-corrected chi connectivity index (χ2v) is 16.6. The molecule has 1 fully saturated rings. The molecule has 0 saturated carbocycles. The van der Waals surface area contributed by atoms with Crippen LogP contribution in [0.1, 0.15) is 59.8 Å². The molecule has 192 valence electrons. The summed E-state index contributed by atoms with van der Waals surface area (Å²) in [6.45, 7) is 7.84. The second-order valence-electron chi connectivity index (χ2n) is 10.3. The summed E-state index contributed by atoms with van der Waals surface area (Å²) in [5, 5.41) is 11.2. The molecule has 0 aromatic heterocycles. The Labute approximate surface area is 216 Å². The molecule has 2 aromatic rings. The topological polar surface area (TPSA) is 83.9 Å². The Kier molecular flexibility index (Phi) is 9.08. The average Bonchev–Trinajstić information content (AvgIpc) is 2.79. The number of carbonyl (C=O) groups is 1. The van der Waals surface area contributed by atoms with Gasteiger partial charge < -0.3 is 0 Å². The quantitative estimate of drug-likeness (QED) is 0.486. The molecule has 1 aliphatic heterocycles. The van der Waals surface area contributed by atoms with Crippen LogP contribution in [-0.2, 0) is 14.6 Å². The van der Waals surface area contributed by atoms with Gasteiger partial charge in [-0.05, 0) is 0 Å². The predicted molar refractivity (Wildman–Crippen MR) is 140 cm³/mol. The van der Waals surface area contributed by atoms with Crippen molar-refractivity contribution in [1.82, 2.24) is 4.90 Å². The molecule has 1 amide bonds. The zero-order valence-corrected chi connectivity index (χ0v) is 23.5. The van der Waals surface area contributed by atoms with Gasteiger partial charge in [-0.2, -0.15) is 0 Å². The van der Waals surface area contributed by atoms with Crippen LogP contribution in [0.25, 0.3) is 0 Å². The monoisotopic (exact) mass is 567 g/mol. The molecule has 1 aliphatic rings. The Hall–Kier alpha value is -1.86. The van der Waals surface area contributed by atoms with Crippen LogP contribution in [0.4, 0.5) is 4.79 Å². The van der Waals surface area contributed by atoms with Crippen molar-refractivity contribution in [3.63, 3.8) is 0 Å². The minimum atomic E-state index is -3.73.